The quantitative estimate of drug-likeness (QED) is 0.798. The Kier molecular flexibility index (Phi) is 5.08. The third kappa shape index (κ3) is 4.02. The highest BCUT2D eigenvalue weighted by atomic mass is 16.3. The highest BCUT2D eigenvalue weighted by Crippen LogP contribution is 2.35. The summed E-state index contributed by atoms with van der Waals surface area (Å²) in [6.45, 7) is 2.51. The van der Waals surface area contributed by atoms with Crippen molar-refractivity contribution < 1.29 is 9.90 Å². The lowest BCUT2D eigenvalue weighted by molar-refractivity contribution is 0.00333. The molecule has 1 aromatic carbocycles. The average Bonchev–Trinajstić information content (AvgIpc) is 3.02. The number of nitrogens with one attached hydrogen (secondary N) is 2. The lowest BCUT2D eigenvalue weighted by Crippen LogP contribution is -2.46. The van der Waals surface area contributed by atoms with Gasteiger partial charge >= 0.3 is 6.03 Å². The first kappa shape index (κ1) is 17.5. The van der Waals surface area contributed by atoms with E-state index in [4.69, 9.17) is 0 Å². The number of carbonyl (C=O) groups excluding carboxylic acids is 1. The maximum atomic E-state index is 12.2. The third-order valence-electron chi connectivity index (χ3n) is 5.13. The molecule has 1 fully saturated rings. The molecular weight excluding hydrogens is 316 g/mol. The summed E-state index contributed by atoms with van der Waals surface area (Å²) in [5.74, 6) is 0.849. The standard InChI is InChI=1S/C19H26N4O2/c1-19(9-4-3-8-16(19)24)13-21-18(25)22-15-7-5-6-14(12-15)17-20-10-11-23(17)2/h5-7,10-12,16,24H,3-4,8-9,13H2,1-2H3,(H2,21,22,25)/t16-,19+/m1/s1. The van der Waals surface area contributed by atoms with Crippen LogP contribution in [0, 0.1) is 5.41 Å². The molecule has 6 heteroatoms. The number of aliphatic hydroxyl groups excluding tert-OH is 1. The van der Waals surface area contributed by atoms with Crippen molar-refractivity contribution in [2.24, 2.45) is 12.5 Å². The van der Waals surface area contributed by atoms with Crippen molar-refractivity contribution in [2.45, 2.75) is 38.7 Å². The Morgan fingerprint density at radius 1 is 1.44 bits per heavy atom. The number of hydrogen-bond donors (Lipinski definition) is 3. The van der Waals surface area contributed by atoms with Crippen LogP contribution in [0.25, 0.3) is 11.4 Å². The van der Waals surface area contributed by atoms with Gasteiger partial charge in [-0.1, -0.05) is 31.9 Å². The molecule has 2 aromatic rings. The SMILES string of the molecule is Cn1ccnc1-c1cccc(NC(=O)NC[C@]2(C)CCCC[C@H]2O)c1. The average molecular weight is 342 g/mol. The topological polar surface area (TPSA) is 79.2 Å². The van der Waals surface area contributed by atoms with Gasteiger partial charge in [0, 0.05) is 42.7 Å². The van der Waals surface area contributed by atoms with Crippen LogP contribution in [0.15, 0.2) is 36.7 Å². The van der Waals surface area contributed by atoms with Crippen LogP contribution in [0.5, 0.6) is 0 Å². The number of carbonyl (C=O) groups is 1. The predicted molar refractivity (Wildman–Crippen MR) is 98.2 cm³/mol. The van der Waals surface area contributed by atoms with Crippen LogP contribution in [0.4, 0.5) is 10.5 Å². The molecule has 2 atom stereocenters. The lowest BCUT2D eigenvalue weighted by atomic mass is 9.73. The summed E-state index contributed by atoms with van der Waals surface area (Å²) in [5, 5.41) is 16.0. The molecule has 25 heavy (non-hydrogen) atoms. The molecule has 1 heterocycles. The first-order chi connectivity index (χ1) is 12.0. The molecule has 0 bridgehead atoms. The van der Waals surface area contributed by atoms with Gasteiger partial charge in [-0.15, -0.1) is 0 Å². The summed E-state index contributed by atoms with van der Waals surface area (Å²) < 4.78 is 1.94. The Hall–Kier alpha value is -2.34. The van der Waals surface area contributed by atoms with E-state index in [0.29, 0.717) is 12.2 Å². The molecule has 3 N–H and O–H groups in total. The minimum atomic E-state index is -0.353. The van der Waals surface area contributed by atoms with Crippen molar-refractivity contribution in [1.82, 2.24) is 14.9 Å². The fourth-order valence-electron chi connectivity index (χ4n) is 3.43. The summed E-state index contributed by atoms with van der Waals surface area (Å²) in [4.78, 5) is 16.6. The van der Waals surface area contributed by atoms with Crippen LogP contribution in [-0.4, -0.2) is 33.3 Å². The maximum Gasteiger partial charge on any atom is 0.319 e. The Morgan fingerprint density at radius 2 is 2.28 bits per heavy atom. The van der Waals surface area contributed by atoms with E-state index in [-0.39, 0.29) is 17.6 Å². The van der Waals surface area contributed by atoms with Gasteiger partial charge in [-0.2, -0.15) is 0 Å². The van der Waals surface area contributed by atoms with Crippen LogP contribution in [0.1, 0.15) is 32.6 Å². The Morgan fingerprint density at radius 3 is 3.00 bits per heavy atom. The molecular formula is C19H26N4O2. The van der Waals surface area contributed by atoms with Crippen molar-refractivity contribution >= 4 is 11.7 Å². The van der Waals surface area contributed by atoms with Gasteiger partial charge in [-0.25, -0.2) is 9.78 Å². The predicted octanol–water partition coefficient (Wildman–Crippen LogP) is 3.15. The largest absolute Gasteiger partial charge is 0.392 e. The highest BCUT2D eigenvalue weighted by molar-refractivity contribution is 5.90. The summed E-state index contributed by atoms with van der Waals surface area (Å²) in [7, 11) is 1.94. The Balaban J connectivity index is 1.61. The summed E-state index contributed by atoms with van der Waals surface area (Å²) in [5.41, 5.74) is 1.41. The normalized spacial score (nSPS) is 23.2. The molecule has 0 unspecified atom stereocenters. The smallest absolute Gasteiger partial charge is 0.319 e. The van der Waals surface area contributed by atoms with Gasteiger partial charge in [0.25, 0.3) is 0 Å². The number of benzene rings is 1. The number of imidazole rings is 1. The number of nitrogens with zero attached hydrogens (tertiary/aromatic N) is 2. The molecule has 1 aromatic heterocycles. The van der Waals surface area contributed by atoms with E-state index in [1.54, 1.807) is 6.20 Å². The molecule has 0 radical (unpaired) electrons. The summed E-state index contributed by atoms with van der Waals surface area (Å²) >= 11 is 0. The van der Waals surface area contributed by atoms with Crippen molar-refractivity contribution in [3.63, 3.8) is 0 Å². The third-order valence-corrected chi connectivity index (χ3v) is 5.13. The van der Waals surface area contributed by atoms with E-state index >= 15 is 0 Å². The minimum absolute atomic E-state index is 0.246. The second-order valence-electron chi connectivity index (χ2n) is 7.17. The van der Waals surface area contributed by atoms with Crippen molar-refractivity contribution in [1.29, 1.82) is 0 Å². The minimum Gasteiger partial charge on any atom is -0.392 e. The first-order valence-electron chi connectivity index (χ1n) is 8.79. The monoisotopic (exact) mass is 342 g/mol. The zero-order chi connectivity index (χ0) is 17.9. The van der Waals surface area contributed by atoms with E-state index < -0.39 is 0 Å². The number of anilines is 1. The van der Waals surface area contributed by atoms with Crippen molar-refractivity contribution in [2.75, 3.05) is 11.9 Å². The number of aliphatic hydroxyl groups is 1. The van der Waals surface area contributed by atoms with Crippen LogP contribution in [-0.2, 0) is 7.05 Å². The molecule has 1 saturated carbocycles. The molecule has 3 rings (SSSR count). The van der Waals surface area contributed by atoms with E-state index in [0.717, 1.165) is 37.1 Å². The Labute approximate surface area is 148 Å². The molecule has 1 aliphatic rings. The van der Waals surface area contributed by atoms with Crippen molar-refractivity contribution in [3.05, 3.63) is 36.7 Å². The van der Waals surface area contributed by atoms with Gasteiger partial charge in [0.15, 0.2) is 0 Å². The summed E-state index contributed by atoms with van der Waals surface area (Å²) in [6, 6.07) is 7.36. The lowest BCUT2D eigenvalue weighted by Gasteiger charge is -2.38. The zero-order valence-electron chi connectivity index (χ0n) is 14.8. The van der Waals surface area contributed by atoms with E-state index in [1.165, 1.54) is 0 Å². The van der Waals surface area contributed by atoms with Gasteiger partial charge < -0.3 is 20.3 Å². The highest BCUT2D eigenvalue weighted by Gasteiger charge is 2.35. The van der Waals surface area contributed by atoms with Crippen molar-refractivity contribution in [3.8, 4) is 11.4 Å². The molecule has 2 amide bonds. The number of aromatic nitrogens is 2. The molecule has 6 nitrogen and oxygen atoms in total. The number of hydrogen-bond acceptors (Lipinski definition) is 3. The van der Waals surface area contributed by atoms with Crippen LogP contribution >= 0.6 is 0 Å². The van der Waals surface area contributed by atoms with Gasteiger partial charge in [-0.05, 0) is 25.0 Å². The molecule has 1 aliphatic carbocycles. The van der Waals surface area contributed by atoms with Gasteiger partial charge in [0.05, 0.1) is 6.10 Å². The number of aryl methyl sites for hydroxylation is 1. The second-order valence-corrected chi connectivity index (χ2v) is 7.17. The van der Waals surface area contributed by atoms with E-state index in [2.05, 4.69) is 15.6 Å². The van der Waals surface area contributed by atoms with Gasteiger partial charge in [0.1, 0.15) is 5.82 Å². The number of urea groups is 1. The molecule has 0 spiro atoms. The molecule has 0 aliphatic heterocycles. The number of amides is 2. The number of rotatable bonds is 4. The van der Waals surface area contributed by atoms with Gasteiger partial charge in [0.2, 0.25) is 0 Å². The Bertz CT molecular complexity index is 743. The fraction of sp³-hybridized carbons (Fsp3) is 0.474. The van der Waals surface area contributed by atoms with Crippen LogP contribution in [0.3, 0.4) is 0 Å². The zero-order valence-corrected chi connectivity index (χ0v) is 14.8. The fourth-order valence-corrected chi connectivity index (χ4v) is 3.43. The van der Waals surface area contributed by atoms with Crippen LogP contribution < -0.4 is 10.6 Å². The van der Waals surface area contributed by atoms with Gasteiger partial charge in [-0.3, -0.25) is 0 Å². The molecule has 0 saturated heterocycles. The summed E-state index contributed by atoms with van der Waals surface area (Å²) in [6.07, 6.45) is 7.19. The second kappa shape index (κ2) is 7.27. The maximum absolute atomic E-state index is 12.2. The van der Waals surface area contributed by atoms with E-state index in [9.17, 15) is 9.90 Å². The molecule has 134 valence electrons. The first-order valence-corrected chi connectivity index (χ1v) is 8.79. The van der Waals surface area contributed by atoms with E-state index in [1.807, 2.05) is 49.0 Å². The van der Waals surface area contributed by atoms with Crippen LogP contribution in [0.2, 0.25) is 0 Å².